The number of nitrogens with zero attached hydrogens (tertiary/aromatic N) is 2. The van der Waals surface area contributed by atoms with Crippen LogP contribution in [0.1, 0.15) is 37.9 Å². The highest BCUT2D eigenvalue weighted by Gasteiger charge is 2.31. The first-order chi connectivity index (χ1) is 7.41. The van der Waals surface area contributed by atoms with Gasteiger partial charge < -0.3 is 5.73 Å². The fraction of sp³-hybridized carbons (Fsp3) is 0.700. The molecule has 1 atom stereocenters. The molecule has 0 saturated carbocycles. The van der Waals surface area contributed by atoms with Gasteiger partial charge in [-0.1, -0.05) is 13.8 Å². The lowest BCUT2D eigenvalue weighted by atomic mass is 10.1. The summed E-state index contributed by atoms with van der Waals surface area (Å²) in [4.78, 5) is 0. The number of hydrogen-bond acceptors (Lipinski definition) is 4. The molecule has 2 N–H and O–H groups in total. The zero-order valence-electron chi connectivity index (χ0n) is 9.55. The molecule has 1 aromatic rings. The molecule has 16 heavy (non-hydrogen) atoms. The second-order valence-corrected chi connectivity index (χ2v) is 6.87. The molecule has 2 heterocycles. The monoisotopic (exact) mass is 243 g/mol. The van der Waals surface area contributed by atoms with Gasteiger partial charge in [0.15, 0.2) is 9.84 Å². The van der Waals surface area contributed by atoms with Crippen LogP contribution < -0.4 is 5.73 Å². The summed E-state index contributed by atoms with van der Waals surface area (Å²) in [5, 5.41) is 4.21. The van der Waals surface area contributed by atoms with Crippen LogP contribution in [0.15, 0.2) is 6.20 Å². The molecular weight excluding hydrogens is 226 g/mol. The summed E-state index contributed by atoms with van der Waals surface area (Å²) >= 11 is 0. The standard InChI is InChI=1S/C10H17N3O2S/c1-7(2)10-9(11)5-12-13(10)8-3-4-16(14,15)6-8/h5,7-8H,3-4,6,11H2,1-2H3. The summed E-state index contributed by atoms with van der Waals surface area (Å²) < 4.78 is 24.7. The van der Waals surface area contributed by atoms with Gasteiger partial charge in [-0.15, -0.1) is 0 Å². The van der Waals surface area contributed by atoms with Gasteiger partial charge in [-0.3, -0.25) is 4.68 Å². The number of sulfone groups is 1. The highest BCUT2D eigenvalue weighted by atomic mass is 32.2. The lowest BCUT2D eigenvalue weighted by Crippen LogP contribution is -2.16. The van der Waals surface area contributed by atoms with E-state index in [1.54, 1.807) is 10.9 Å². The van der Waals surface area contributed by atoms with E-state index >= 15 is 0 Å². The van der Waals surface area contributed by atoms with Crippen molar-refractivity contribution in [2.45, 2.75) is 32.2 Å². The third kappa shape index (κ3) is 1.93. The second-order valence-electron chi connectivity index (χ2n) is 4.64. The van der Waals surface area contributed by atoms with Crippen molar-refractivity contribution >= 4 is 15.5 Å². The maximum Gasteiger partial charge on any atom is 0.152 e. The largest absolute Gasteiger partial charge is 0.396 e. The van der Waals surface area contributed by atoms with Crippen molar-refractivity contribution in [3.63, 3.8) is 0 Å². The molecule has 1 aromatic heterocycles. The minimum atomic E-state index is -2.88. The van der Waals surface area contributed by atoms with E-state index in [1.165, 1.54) is 0 Å². The van der Waals surface area contributed by atoms with Gasteiger partial charge in [-0.2, -0.15) is 5.10 Å². The van der Waals surface area contributed by atoms with E-state index in [2.05, 4.69) is 5.10 Å². The van der Waals surface area contributed by atoms with Crippen LogP contribution in [-0.4, -0.2) is 29.7 Å². The normalized spacial score (nSPS) is 24.1. The SMILES string of the molecule is CC(C)c1c(N)cnn1C1CCS(=O)(=O)C1. The Morgan fingerprint density at radius 3 is 2.75 bits per heavy atom. The van der Waals surface area contributed by atoms with Crippen molar-refractivity contribution in [1.82, 2.24) is 9.78 Å². The molecule has 0 radical (unpaired) electrons. The molecule has 5 nitrogen and oxygen atoms in total. The summed E-state index contributed by atoms with van der Waals surface area (Å²) in [5.74, 6) is 0.703. The molecule has 0 spiro atoms. The molecule has 6 heteroatoms. The molecule has 1 fully saturated rings. The van der Waals surface area contributed by atoms with Gasteiger partial charge in [0, 0.05) is 0 Å². The Morgan fingerprint density at radius 1 is 1.56 bits per heavy atom. The van der Waals surface area contributed by atoms with Crippen molar-refractivity contribution in [3.05, 3.63) is 11.9 Å². The molecule has 1 unspecified atom stereocenters. The van der Waals surface area contributed by atoms with Crippen molar-refractivity contribution in [3.8, 4) is 0 Å². The third-order valence-corrected chi connectivity index (χ3v) is 4.72. The number of anilines is 1. The Hall–Kier alpha value is -1.04. The van der Waals surface area contributed by atoms with E-state index in [4.69, 9.17) is 5.73 Å². The Balaban J connectivity index is 2.35. The number of rotatable bonds is 2. The molecule has 2 rings (SSSR count). The van der Waals surface area contributed by atoms with Gasteiger partial charge in [0.05, 0.1) is 35.1 Å². The maximum atomic E-state index is 11.4. The third-order valence-electron chi connectivity index (χ3n) is 2.96. The van der Waals surface area contributed by atoms with Crippen LogP contribution in [0.3, 0.4) is 0 Å². The van der Waals surface area contributed by atoms with Crippen LogP contribution in [0.25, 0.3) is 0 Å². The van der Waals surface area contributed by atoms with Gasteiger partial charge in [-0.25, -0.2) is 8.42 Å². The van der Waals surface area contributed by atoms with E-state index in [0.717, 1.165) is 5.69 Å². The van der Waals surface area contributed by atoms with E-state index < -0.39 is 9.84 Å². The summed E-state index contributed by atoms with van der Waals surface area (Å²) in [6.07, 6.45) is 2.25. The lowest BCUT2D eigenvalue weighted by Gasteiger charge is -2.15. The lowest BCUT2D eigenvalue weighted by molar-refractivity contribution is 0.471. The summed E-state index contributed by atoms with van der Waals surface area (Å²) in [6.45, 7) is 4.07. The molecule has 0 bridgehead atoms. The predicted octanol–water partition coefficient (Wildman–Crippen LogP) is 0.948. The molecular formula is C10H17N3O2S. The molecule has 0 aromatic carbocycles. The molecule has 0 amide bonds. The van der Waals surface area contributed by atoms with Gasteiger partial charge in [0.1, 0.15) is 0 Å². The van der Waals surface area contributed by atoms with Crippen molar-refractivity contribution in [1.29, 1.82) is 0 Å². The quantitative estimate of drug-likeness (QED) is 0.838. The summed E-state index contributed by atoms with van der Waals surface area (Å²) in [7, 11) is -2.88. The zero-order valence-corrected chi connectivity index (χ0v) is 10.4. The first-order valence-electron chi connectivity index (χ1n) is 5.44. The van der Waals surface area contributed by atoms with E-state index in [1.807, 2.05) is 13.8 Å². The van der Waals surface area contributed by atoms with Gasteiger partial charge >= 0.3 is 0 Å². The molecule has 1 aliphatic rings. The topological polar surface area (TPSA) is 78.0 Å². The number of nitrogens with two attached hydrogens (primary N) is 1. The van der Waals surface area contributed by atoms with Crippen LogP contribution in [0, 0.1) is 0 Å². The molecule has 0 aliphatic carbocycles. The van der Waals surface area contributed by atoms with Crippen molar-refractivity contribution < 1.29 is 8.42 Å². The zero-order chi connectivity index (χ0) is 11.9. The van der Waals surface area contributed by atoms with Crippen LogP contribution in [0.4, 0.5) is 5.69 Å². The first kappa shape index (κ1) is 11.4. The van der Waals surface area contributed by atoms with Crippen LogP contribution in [-0.2, 0) is 9.84 Å². The highest BCUT2D eigenvalue weighted by Crippen LogP contribution is 2.29. The van der Waals surface area contributed by atoms with E-state index in [0.29, 0.717) is 12.1 Å². The van der Waals surface area contributed by atoms with Gasteiger partial charge in [-0.05, 0) is 12.3 Å². The van der Waals surface area contributed by atoms with Gasteiger partial charge in [0.25, 0.3) is 0 Å². The maximum absolute atomic E-state index is 11.4. The fourth-order valence-corrected chi connectivity index (χ4v) is 3.93. The minimum Gasteiger partial charge on any atom is -0.396 e. The Morgan fingerprint density at radius 2 is 2.25 bits per heavy atom. The number of hydrogen-bond donors (Lipinski definition) is 1. The summed E-state index contributed by atoms with van der Waals surface area (Å²) in [5.41, 5.74) is 7.44. The molecule has 90 valence electrons. The highest BCUT2D eigenvalue weighted by molar-refractivity contribution is 7.91. The van der Waals surface area contributed by atoms with Crippen molar-refractivity contribution in [2.75, 3.05) is 17.2 Å². The predicted molar refractivity (Wildman–Crippen MR) is 63.0 cm³/mol. The number of nitrogen functional groups attached to an aromatic ring is 1. The van der Waals surface area contributed by atoms with E-state index in [9.17, 15) is 8.42 Å². The number of aromatic nitrogens is 2. The Bertz CT molecular complexity index is 490. The smallest absolute Gasteiger partial charge is 0.152 e. The van der Waals surface area contributed by atoms with Gasteiger partial charge in [0.2, 0.25) is 0 Å². The van der Waals surface area contributed by atoms with E-state index in [-0.39, 0.29) is 23.5 Å². The Labute approximate surface area is 95.6 Å². The van der Waals surface area contributed by atoms with Crippen LogP contribution in [0.2, 0.25) is 0 Å². The average molecular weight is 243 g/mol. The van der Waals surface area contributed by atoms with Crippen molar-refractivity contribution in [2.24, 2.45) is 0 Å². The molecule has 1 saturated heterocycles. The minimum absolute atomic E-state index is 0.0419. The first-order valence-corrected chi connectivity index (χ1v) is 7.26. The Kier molecular flexibility index (Phi) is 2.69. The fourth-order valence-electron chi connectivity index (χ4n) is 2.24. The van der Waals surface area contributed by atoms with Crippen LogP contribution >= 0.6 is 0 Å². The second kappa shape index (κ2) is 3.76. The molecule has 1 aliphatic heterocycles. The van der Waals surface area contributed by atoms with Crippen LogP contribution in [0.5, 0.6) is 0 Å². The summed E-state index contributed by atoms with van der Waals surface area (Å²) in [6, 6.07) is -0.0419. The average Bonchev–Trinajstić information content (AvgIpc) is 2.68.